The molecule has 0 radical (unpaired) electrons. The number of rotatable bonds is 11. The quantitative estimate of drug-likeness (QED) is 0.370. The molecule has 29 heavy (non-hydrogen) atoms. The van der Waals surface area contributed by atoms with Crippen LogP contribution in [0.1, 0.15) is 62.5 Å². The lowest BCUT2D eigenvalue weighted by molar-refractivity contribution is 0.141. The van der Waals surface area contributed by atoms with Crippen LogP contribution in [0, 0.1) is 24.7 Å². The van der Waals surface area contributed by atoms with Crippen LogP contribution in [0.15, 0.2) is 48.1 Å². The summed E-state index contributed by atoms with van der Waals surface area (Å²) in [5.74, 6) is 1.62. The Kier molecular flexibility index (Phi) is 8.56. The average Bonchev–Trinajstić information content (AvgIpc) is 3.18. The van der Waals surface area contributed by atoms with E-state index >= 15 is 0 Å². The molecule has 2 aliphatic rings. The van der Waals surface area contributed by atoms with Gasteiger partial charge in [0.15, 0.2) is 0 Å². The van der Waals surface area contributed by atoms with Crippen molar-refractivity contribution in [2.24, 2.45) is 17.8 Å². The molecule has 1 aromatic rings. The number of hydrogen-bond acceptors (Lipinski definition) is 2. The number of aryl methyl sites for hydroxylation is 2. The maximum Gasteiger partial charge on any atom is 0.0611 e. The van der Waals surface area contributed by atoms with Gasteiger partial charge in [-0.3, -0.25) is 0 Å². The monoisotopic (exact) mass is 395 g/mol. The van der Waals surface area contributed by atoms with E-state index in [1.54, 1.807) is 5.57 Å². The van der Waals surface area contributed by atoms with E-state index in [2.05, 4.69) is 68.4 Å². The summed E-state index contributed by atoms with van der Waals surface area (Å²) in [5, 5.41) is 10.6. The molecule has 0 aromatic heterocycles. The van der Waals surface area contributed by atoms with Crippen LogP contribution < -0.4 is 0 Å². The first-order valence-corrected chi connectivity index (χ1v) is 11.8. The molecule has 160 valence electrons. The van der Waals surface area contributed by atoms with Crippen LogP contribution in [0.2, 0.25) is 0 Å². The van der Waals surface area contributed by atoms with E-state index in [0.29, 0.717) is 17.8 Å². The molecule has 0 unspecified atom stereocenters. The summed E-state index contributed by atoms with van der Waals surface area (Å²) in [5.41, 5.74) is 4.45. The van der Waals surface area contributed by atoms with E-state index in [0.717, 1.165) is 19.3 Å². The molecule has 2 nitrogen and oxygen atoms in total. The van der Waals surface area contributed by atoms with Crippen LogP contribution in [0.4, 0.5) is 0 Å². The lowest BCUT2D eigenvalue weighted by atomic mass is 9.88. The van der Waals surface area contributed by atoms with Gasteiger partial charge >= 0.3 is 0 Å². The Hall–Kier alpha value is -1.38. The molecule has 2 heteroatoms. The average molecular weight is 396 g/mol. The van der Waals surface area contributed by atoms with Gasteiger partial charge in [0.05, 0.1) is 6.10 Å². The largest absolute Gasteiger partial charge is 0.392 e. The highest BCUT2D eigenvalue weighted by Gasteiger charge is 2.42. The van der Waals surface area contributed by atoms with E-state index < -0.39 is 0 Å². The van der Waals surface area contributed by atoms with Crippen LogP contribution in [0.25, 0.3) is 0 Å². The van der Waals surface area contributed by atoms with E-state index in [-0.39, 0.29) is 6.10 Å². The molecule has 0 bridgehead atoms. The SMILES string of the molecule is Cc1cccc(CCC/C=C/[C@@H]2[C@H]3CC(CCCCCN(C)C)=C[C@H]3C[C@H]2O)c1. The third-order valence-corrected chi connectivity index (χ3v) is 6.83. The van der Waals surface area contributed by atoms with Crippen LogP contribution in [0.5, 0.6) is 0 Å². The van der Waals surface area contributed by atoms with Crippen LogP contribution >= 0.6 is 0 Å². The normalized spacial score (nSPS) is 26.4. The maximum atomic E-state index is 10.6. The number of aliphatic hydroxyl groups excluding tert-OH is 1. The molecule has 0 spiro atoms. The van der Waals surface area contributed by atoms with Gasteiger partial charge in [0.1, 0.15) is 0 Å². The van der Waals surface area contributed by atoms with Gasteiger partial charge in [0.25, 0.3) is 0 Å². The van der Waals surface area contributed by atoms with E-state index in [1.807, 2.05) is 0 Å². The van der Waals surface area contributed by atoms with Gasteiger partial charge in [-0.2, -0.15) is 0 Å². The van der Waals surface area contributed by atoms with Crippen molar-refractivity contribution < 1.29 is 5.11 Å². The van der Waals surface area contributed by atoms with Crippen molar-refractivity contribution in [3.63, 3.8) is 0 Å². The Morgan fingerprint density at radius 1 is 1.10 bits per heavy atom. The maximum absolute atomic E-state index is 10.6. The molecule has 1 N–H and O–H groups in total. The van der Waals surface area contributed by atoms with Crippen LogP contribution in [0.3, 0.4) is 0 Å². The molecule has 0 saturated heterocycles. The Morgan fingerprint density at radius 3 is 2.76 bits per heavy atom. The van der Waals surface area contributed by atoms with E-state index in [1.165, 1.54) is 56.2 Å². The topological polar surface area (TPSA) is 23.5 Å². The van der Waals surface area contributed by atoms with E-state index in [4.69, 9.17) is 0 Å². The van der Waals surface area contributed by atoms with Gasteiger partial charge in [0.2, 0.25) is 0 Å². The van der Waals surface area contributed by atoms with Gasteiger partial charge in [-0.15, -0.1) is 0 Å². The molecule has 1 aromatic carbocycles. The number of fused-ring (bicyclic) bond motifs is 1. The Morgan fingerprint density at radius 2 is 1.97 bits per heavy atom. The smallest absolute Gasteiger partial charge is 0.0611 e. The zero-order valence-electron chi connectivity index (χ0n) is 18.8. The van der Waals surface area contributed by atoms with Crippen molar-refractivity contribution in [3.05, 3.63) is 59.2 Å². The highest BCUT2D eigenvalue weighted by molar-refractivity contribution is 5.22. The van der Waals surface area contributed by atoms with Crippen LogP contribution in [-0.2, 0) is 6.42 Å². The Balaban J connectivity index is 1.38. The first-order valence-electron chi connectivity index (χ1n) is 11.8. The fourth-order valence-electron chi connectivity index (χ4n) is 5.29. The number of nitrogens with zero attached hydrogens (tertiary/aromatic N) is 1. The lowest BCUT2D eigenvalue weighted by Gasteiger charge is -2.18. The summed E-state index contributed by atoms with van der Waals surface area (Å²) < 4.78 is 0. The third-order valence-electron chi connectivity index (χ3n) is 6.83. The first-order chi connectivity index (χ1) is 14.0. The van der Waals surface area contributed by atoms with Gasteiger partial charge in [-0.1, -0.05) is 60.1 Å². The molecule has 0 aliphatic heterocycles. The number of aliphatic hydroxyl groups is 1. The van der Waals surface area contributed by atoms with Crippen molar-refractivity contribution in [2.75, 3.05) is 20.6 Å². The number of hydrogen-bond donors (Lipinski definition) is 1. The molecule has 3 rings (SSSR count). The Bertz CT molecular complexity index is 690. The fourth-order valence-corrected chi connectivity index (χ4v) is 5.29. The number of benzene rings is 1. The summed E-state index contributed by atoms with van der Waals surface area (Å²) in [6.07, 6.45) is 17.9. The standard InChI is InChI=1S/C27H41NO/c1-21-11-10-14-22(17-21)12-6-4-8-15-25-26-19-23(18-24(26)20-27(25)29)13-7-5-9-16-28(2)3/h8,10-11,14-15,17-18,24-27,29H,4-7,9,12-13,16,19-20H2,1-3H3/b15-8+/t24-,25+,26-,27+/m0/s1. The Labute approximate surface area is 178 Å². The molecular weight excluding hydrogens is 354 g/mol. The lowest BCUT2D eigenvalue weighted by Crippen LogP contribution is -2.17. The second-order valence-corrected chi connectivity index (χ2v) is 9.66. The van der Waals surface area contributed by atoms with Crippen molar-refractivity contribution in [1.29, 1.82) is 0 Å². The minimum absolute atomic E-state index is 0.143. The third kappa shape index (κ3) is 6.83. The molecule has 4 atom stereocenters. The molecule has 0 amide bonds. The summed E-state index contributed by atoms with van der Waals surface area (Å²) in [6, 6.07) is 8.84. The minimum Gasteiger partial charge on any atom is -0.392 e. The fraction of sp³-hybridized carbons (Fsp3) is 0.630. The minimum atomic E-state index is -0.143. The zero-order chi connectivity index (χ0) is 20.6. The second kappa shape index (κ2) is 11.1. The molecule has 0 heterocycles. The van der Waals surface area contributed by atoms with Crippen molar-refractivity contribution in [3.8, 4) is 0 Å². The second-order valence-electron chi connectivity index (χ2n) is 9.66. The number of unbranched alkanes of at least 4 members (excludes halogenated alkanes) is 3. The summed E-state index contributed by atoms with van der Waals surface area (Å²) in [6.45, 7) is 3.36. The van der Waals surface area contributed by atoms with Crippen molar-refractivity contribution in [2.45, 2.75) is 70.8 Å². The first kappa shape index (κ1) is 22.3. The molecular formula is C27H41NO. The van der Waals surface area contributed by atoms with Crippen molar-refractivity contribution >= 4 is 0 Å². The predicted octanol–water partition coefficient (Wildman–Crippen LogP) is 5.94. The summed E-state index contributed by atoms with van der Waals surface area (Å²) in [7, 11) is 4.31. The molecule has 2 aliphatic carbocycles. The van der Waals surface area contributed by atoms with Gasteiger partial charge in [-0.05, 0) is 96.3 Å². The number of allylic oxidation sites excluding steroid dienone is 3. The summed E-state index contributed by atoms with van der Waals surface area (Å²) >= 11 is 0. The zero-order valence-corrected chi connectivity index (χ0v) is 18.8. The predicted molar refractivity (Wildman–Crippen MR) is 124 cm³/mol. The molecule has 1 saturated carbocycles. The molecule has 1 fully saturated rings. The van der Waals surface area contributed by atoms with Crippen LogP contribution in [-0.4, -0.2) is 36.8 Å². The summed E-state index contributed by atoms with van der Waals surface area (Å²) in [4.78, 5) is 2.28. The highest BCUT2D eigenvalue weighted by atomic mass is 16.3. The van der Waals surface area contributed by atoms with Crippen molar-refractivity contribution in [1.82, 2.24) is 4.90 Å². The van der Waals surface area contributed by atoms with Gasteiger partial charge in [0, 0.05) is 5.92 Å². The van der Waals surface area contributed by atoms with Gasteiger partial charge < -0.3 is 10.0 Å². The highest BCUT2D eigenvalue weighted by Crippen LogP contribution is 2.48. The van der Waals surface area contributed by atoms with E-state index in [9.17, 15) is 5.11 Å². The van der Waals surface area contributed by atoms with Gasteiger partial charge in [-0.25, -0.2) is 0 Å².